The molecule has 0 unspecified atom stereocenters. The number of nitrogens with zero attached hydrogens (tertiary/aromatic N) is 1. The van der Waals surface area contributed by atoms with Crippen LogP contribution in [0.4, 0.5) is 0 Å². The number of hydrogen-bond donors (Lipinski definition) is 1. The van der Waals surface area contributed by atoms with Crippen LogP contribution in [0.2, 0.25) is 5.15 Å². The van der Waals surface area contributed by atoms with Gasteiger partial charge in [0.1, 0.15) is 5.15 Å². The van der Waals surface area contributed by atoms with E-state index in [2.05, 4.69) is 4.98 Å². The Morgan fingerprint density at radius 2 is 2.11 bits per heavy atom. The number of aromatic nitrogens is 1. The minimum absolute atomic E-state index is 0.227. The van der Waals surface area contributed by atoms with E-state index < -0.39 is 5.97 Å². The van der Waals surface area contributed by atoms with Crippen LogP contribution in [0, 0.1) is 6.92 Å². The summed E-state index contributed by atoms with van der Waals surface area (Å²) in [6.07, 6.45) is 1.52. The highest BCUT2D eigenvalue weighted by molar-refractivity contribution is 6.31. The molecule has 0 aliphatic rings. The molecule has 0 radical (unpaired) electrons. The molecule has 0 spiro atoms. The molecular weight excluding hydrogens is 250 g/mol. The van der Waals surface area contributed by atoms with Gasteiger partial charge in [-0.3, -0.25) is 0 Å². The number of carbonyl (C=O) groups is 1. The molecule has 0 saturated heterocycles. The lowest BCUT2D eigenvalue weighted by atomic mass is 10.1. The molecule has 1 aromatic heterocycles. The van der Waals surface area contributed by atoms with E-state index in [1.54, 1.807) is 0 Å². The molecule has 1 aromatic carbocycles. The van der Waals surface area contributed by atoms with Crippen molar-refractivity contribution in [3.63, 3.8) is 0 Å². The van der Waals surface area contributed by atoms with Gasteiger partial charge in [-0.05, 0) is 37.6 Å². The van der Waals surface area contributed by atoms with Crippen molar-refractivity contribution in [1.82, 2.24) is 4.98 Å². The molecule has 92 valence electrons. The van der Waals surface area contributed by atoms with Crippen molar-refractivity contribution >= 4 is 34.5 Å². The van der Waals surface area contributed by atoms with Crippen molar-refractivity contribution in [2.45, 2.75) is 13.8 Å². The first-order valence-corrected chi connectivity index (χ1v) is 5.83. The Morgan fingerprint density at radius 3 is 2.78 bits per heavy atom. The van der Waals surface area contributed by atoms with Crippen molar-refractivity contribution in [3.8, 4) is 0 Å². The third kappa shape index (κ3) is 2.51. The van der Waals surface area contributed by atoms with Gasteiger partial charge in [0.25, 0.3) is 0 Å². The Labute approximate surface area is 110 Å². The van der Waals surface area contributed by atoms with Gasteiger partial charge in [0.05, 0.1) is 5.52 Å². The second-order valence-corrected chi connectivity index (χ2v) is 4.56. The number of halogens is 1. The number of benzene rings is 1. The number of carboxylic acids is 1. The molecule has 0 fully saturated rings. The summed E-state index contributed by atoms with van der Waals surface area (Å²) in [6.45, 7) is 3.51. The summed E-state index contributed by atoms with van der Waals surface area (Å²) in [5, 5.41) is 10.1. The smallest absolute Gasteiger partial charge is 0.331 e. The van der Waals surface area contributed by atoms with E-state index in [1.165, 1.54) is 13.0 Å². The van der Waals surface area contributed by atoms with Crippen molar-refractivity contribution in [2.75, 3.05) is 0 Å². The lowest BCUT2D eigenvalue weighted by Gasteiger charge is -2.04. The molecule has 3 nitrogen and oxygen atoms in total. The highest BCUT2D eigenvalue weighted by Gasteiger charge is 2.06. The van der Waals surface area contributed by atoms with Gasteiger partial charge in [-0.1, -0.05) is 23.7 Å². The second-order valence-electron chi connectivity index (χ2n) is 4.20. The fourth-order valence-electron chi connectivity index (χ4n) is 1.67. The van der Waals surface area contributed by atoms with E-state index in [0.717, 1.165) is 16.5 Å². The average molecular weight is 262 g/mol. The molecule has 2 rings (SSSR count). The molecule has 0 amide bonds. The van der Waals surface area contributed by atoms with Crippen LogP contribution < -0.4 is 0 Å². The lowest BCUT2D eigenvalue weighted by molar-refractivity contribution is -0.132. The third-order valence-electron chi connectivity index (χ3n) is 2.66. The molecule has 1 N–H and O–H groups in total. The molecule has 0 saturated carbocycles. The van der Waals surface area contributed by atoms with E-state index >= 15 is 0 Å². The van der Waals surface area contributed by atoms with Crippen molar-refractivity contribution in [3.05, 3.63) is 46.1 Å². The minimum Gasteiger partial charge on any atom is -0.478 e. The normalized spacial score (nSPS) is 11.8. The fraction of sp³-hybridized carbons (Fsp3) is 0.143. The number of rotatable bonds is 2. The molecule has 0 aliphatic heterocycles. The molecule has 18 heavy (non-hydrogen) atoms. The SMILES string of the molecule is CC(=Cc1cc2ccc(C)cc2nc1Cl)C(=O)O. The molecule has 0 atom stereocenters. The lowest BCUT2D eigenvalue weighted by Crippen LogP contribution is -1.96. The Kier molecular flexibility index (Phi) is 3.34. The average Bonchev–Trinajstić information content (AvgIpc) is 2.30. The van der Waals surface area contributed by atoms with Gasteiger partial charge in [-0.25, -0.2) is 9.78 Å². The summed E-state index contributed by atoms with van der Waals surface area (Å²) in [5.41, 5.74) is 2.76. The van der Waals surface area contributed by atoms with Crippen LogP contribution in [-0.2, 0) is 4.79 Å². The zero-order chi connectivity index (χ0) is 13.3. The maximum atomic E-state index is 10.8. The molecule has 4 heteroatoms. The minimum atomic E-state index is -0.963. The largest absolute Gasteiger partial charge is 0.478 e. The quantitative estimate of drug-likeness (QED) is 0.663. The number of carboxylic acid groups (broad SMARTS) is 1. The van der Waals surface area contributed by atoms with Crippen molar-refractivity contribution in [1.29, 1.82) is 0 Å². The fourth-order valence-corrected chi connectivity index (χ4v) is 1.87. The van der Waals surface area contributed by atoms with E-state index in [9.17, 15) is 4.79 Å². The summed E-state index contributed by atoms with van der Waals surface area (Å²) in [7, 11) is 0. The van der Waals surface area contributed by atoms with Gasteiger partial charge in [0.15, 0.2) is 0 Å². The monoisotopic (exact) mass is 261 g/mol. The van der Waals surface area contributed by atoms with Crippen LogP contribution in [0.5, 0.6) is 0 Å². The summed E-state index contributed by atoms with van der Waals surface area (Å²) in [6, 6.07) is 7.71. The van der Waals surface area contributed by atoms with Crippen LogP contribution in [-0.4, -0.2) is 16.1 Å². The molecule has 0 aliphatic carbocycles. The Bertz CT molecular complexity index is 662. The predicted molar refractivity (Wildman–Crippen MR) is 72.8 cm³/mol. The Hall–Kier alpha value is -1.87. The number of hydrogen-bond acceptors (Lipinski definition) is 2. The summed E-state index contributed by atoms with van der Waals surface area (Å²) >= 11 is 6.06. The van der Waals surface area contributed by atoms with Gasteiger partial charge in [0, 0.05) is 16.5 Å². The highest BCUT2D eigenvalue weighted by atomic mass is 35.5. The molecule has 1 heterocycles. The topological polar surface area (TPSA) is 50.2 Å². The number of fused-ring (bicyclic) bond motifs is 1. The zero-order valence-corrected chi connectivity index (χ0v) is 10.8. The summed E-state index contributed by atoms with van der Waals surface area (Å²) in [5.74, 6) is -0.963. The Morgan fingerprint density at radius 1 is 1.39 bits per heavy atom. The Balaban J connectivity index is 2.60. The molecule has 2 aromatic rings. The standard InChI is InChI=1S/C14H12ClNO2/c1-8-3-4-10-7-11(6-9(2)14(17)18)13(15)16-12(10)5-8/h3-7H,1-2H3,(H,17,18). The van der Waals surface area contributed by atoms with Crippen molar-refractivity contribution in [2.24, 2.45) is 0 Å². The first-order chi connectivity index (χ1) is 8.47. The third-order valence-corrected chi connectivity index (χ3v) is 2.97. The van der Waals surface area contributed by atoms with Crippen LogP contribution in [0.1, 0.15) is 18.1 Å². The van der Waals surface area contributed by atoms with Gasteiger partial charge in [0.2, 0.25) is 0 Å². The van der Waals surface area contributed by atoms with Gasteiger partial charge in [-0.15, -0.1) is 0 Å². The number of aliphatic carboxylic acids is 1. The van der Waals surface area contributed by atoms with Gasteiger partial charge >= 0.3 is 5.97 Å². The van der Waals surface area contributed by atoms with E-state index in [-0.39, 0.29) is 5.57 Å². The van der Waals surface area contributed by atoms with Crippen LogP contribution in [0.25, 0.3) is 17.0 Å². The van der Waals surface area contributed by atoms with E-state index in [4.69, 9.17) is 16.7 Å². The van der Waals surface area contributed by atoms with Gasteiger partial charge in [-0.2, -0.15) is 0 Å². The second kappa shape index (κ2) is 4.78. The maximum Gasteiger partial charge on any atom is 0.331 e. The van der Waals surface area contributed by atoms with Crippen molar-refractivity contribution < 1.29 is 9.90 Å². The first-order valence-electron chi connectivity index (χ1n) is 5.46. The number of aryl methyl sites for hydroxylation is 1. The van der Waals surface area contributed by atoms with Gasteiger partial charge < -0.3 is 5.11 Å². The summed E-state index contributed by atoms with van der Waals surface area (Å²) in [4.78, 5) is 15.1. The molecular formula is C14H12ClNO2. The highest BCUT2D eigenvalue weighted by Crippen LogP contribution is 2.23. The van der Waals surface area contributed by atoms with E-state index in [0.29, 0.717) is 10.7 Å². The summed E-state index contributed by atoms with van der Waals surface area (Å²) < 4.78 is 0. The van der Waals surface area contributed by atoms with E-state index in [1.807, 2.05) is 31.2 Å². The van der Waals surface area contributed by atoms with Crippen LogP contribution in [0.3, 0.4) is 0 Å². The first kappa shape index (κ1) is 12.6. The number of pyridine rings is 1. The zero-order valence-electron chi connectivity index (χ0n) is 10.1. The van der Waals surface area contributed by atoms with Crippen LogP contribution in [0.15, 0.2) is 29.8 Å². The molecule has 0 bridgehead atoms. The maximum absolute atomic E-state index is 10.8. The van der Waals surface area contributed by atoms with Crippen LogP contribution >= 0.6 is 11.6 Å². The predicted octanol–water partition coefficient (Wildman–Crippen LogP) is 3.68.